The molecule has 1 aromatic heterocycles. The lowest BCUT2D eigenvalue weighted by atomic mass is 10.2. The number of aromatic nitrogens is 2. The van der Waals surface area contributed by atoms with E-state index in [-0.39, 0.29) is 12.1 Å². The summed E-state index contributed by atoms with van der Waals surface area (Å²) in [5, 5.41) is 0. The number of ether oxygens (including phenoxy) is 1. The Labute approximate surface area is 120 Å². The van der Waals surface area contributed by atoms with Crippen molar-refractivity contribution in [2.75, 3.05) is 6.54 Å². The zero-order chi connectivity index (χ0) is 14.9. The van der Waals surface area contributed by atoms with Crippen molar-refractivity contribution in [3.8, 4) is 0 Å². The van der Waals surface area contributed by atoms with Gasteiger partial charge in [-0.25, -0.2) is 9.78 Å². The van der Waals surface area contributed by atoms with E-state index < -0.39 is 5.60 Å². The maximum atomic E-state index is 12.3. The lowest BCUT2D eigenvalue weighted by Crippen LogP contribution is -2.36. The Morgan fingerprint density at radius 1 is 1.50 bits per heavy atom. The molecule has 1 aromatic rings. The van der Waals surface area contributed by atoms with Crippen molar-refractivity contribution >= 4 is 6.09 Å². The van der Waals surface area contributed by atoms with Gasteiger partial charge in [-0.1, -0.05) is 6.92 Å². The second-order valence-corrected chi connectivity index (χ2v) is 6.38. The molecule has 5 heteroatoms. The van der Waals surface area contributed by atoms with Crippen LogP contribution in [0.15, 0.2) is 0 Å². The van der Waals surface area contributed by atoms with Crippen molar-refractivity contribution in [3.05, 3.63) is 17.2 Å². The summed E-state index contributed by atoms with van der Waals surface area (Å²) in [6.45, 7) is 10.5. The monoisotopic (exact) mass is 279 g/mol. The van der Waals surface area contributed by atoms with Gasteiger partial charge in [0.25, 0.3) is 0 Å². The highest BCUT2D eigenvalue weighted by atomic mass is 16.6. The minimum absolute atomic E-state index is 0.0175. The number of H-pyrrole nitrogens is 1. The quantitative estimate of drug-likeness (QED) is 0.903. The van der Waals surface area contributed by atoms with Crippen molar-refractivity contribution in [2.24, 2.45) is 0 Å². The molecule has 0 radical (unpaired) electrons. The molecule has 1 saturated heterocycles. The number of aryl methyl sites for hydroxylation is 2. The Hall–Kier alpha value is -1.52. The van der Waals surface area contributed by atoms with E-state index in [2.05, 4.69) is 16.9 Å². The molecule has 0 aromatic carbocycles. The van der Waals surface area contributed by atoms with Gasteiger partial charge in [-0.3, -0.25) is 4.90 Å². The minimum Gasteiger partial charge on any atom is -0.444 e. The molecule has 5 nitrogen and oxygen atoms in total. The molecule has 20 heavy (non-hydrogen) atoms. The van der Waals surface area contributed by atoms with Gasteiger partial charge in [-0.2, -0.15) is 0 Å². The normalized spacial score (nSPS) is 19.4. The highest BCUT2D eigenvalue weighted by Crippen LogP contribution is 2.32. The van der Waals surface area contributed by atoms with Crippen LogP contribution in [0.2, 0.25) is 0 Å². The first kappa shape index (κ1) is 14.9. The topological polar surface area (TPSA) is 58.2 Å². The van der Waals surface area contributed by atoms with Crippen molar-refractivity contribution in [3.63, 3.8) is 0 Å². The number of nitrogens with zero attached hydrogens (tertiary/aromatic N) is 2. The molecule has 2 heterocycles. The van der Waals surface area contributed by atoms with Crippen LogP contribution in [0, 0.1) is 6.92 Å². The maximum absolute atomic E-state index is 12.3. The summed E-state index contributed by atoms with van der Waals surface area (Å²) in [6, 6.07) is 0.0175. The molecule has 112 valence electrons. The Morgan fingerprint density at radius 3 is 2.75 bits per heavy atom. The lowest BCUT2D eigenvalue weighted by molar-refractivity contribution is 0.0218. The van der Waals surface area contributed by atoms with Crippen LogP contribution in [0.4, 0.5) is 4.79 Å². The van der Waals surface area contributed by atoms with Gasteiger partial charge in [-0.15, -0.1) is 0 Å². The number of imidazole rings is 1. The third-order valence-electron chi connectivity index (χ3n) is 3.54. The van der Waals surface area contributed by atoms with Crippen LogP contribution in [0.3, 0.4) is 0 Å². The number of hydrogen-bond donors (Lipinski definition) is 1. The molecule has 1 N–H and O–H groups in total. The zero-order valence-corrected chi connectivity index (χ0v) is 13.1. The fourth-order valence-corrected chi connectivity index (χ4v) is 2.61. The lowest BCUT2D eigenvalue weighted by Gasteiger charge is -2.27. The Morgan fingerprint density at radius 2 is 2.20 bits per heavy atom. The van der Waals surface area contributed by atoms with Gasteiger partial charge in [0.1, 0.15) is 11.4 Å². The van der Waals surface area contributed by atoms with Gasteiger partial charge in [0.05, 0.1) is 11.7 Å². The van der Waals surface area contributed by atoms with Crippen LogP contribution in [-0.4, -0.2) is 33.1 Å². The highest BCUT2D eigenvalue weighted by Gasteiger charge is 2.35. The third-order valence-corrected chi connectivity index (χ3v) is 3.54. The fraction of sp³-hybridized carbons (Fsp3) is 0.733. The first-order valence-electron chi connectivity index (χ1n) is 7.37. The average Bonchev–Trinajstić information content (AvgIpc) is 2.92. The van der Waals surface area contributed by atoms with Crippen molar-refractivity contribution in [2.45, 2.75) is 65.5 Å². The van der Waals surface area contributed by atoms with Crippen LogP contribution in [0.25, 0.3) is 0 Å². The number of nitrogens with one attached hydrogen (secondary N) is 1. The molecule has 1 aliphatic rings. The molecular weight excluding hydrogens is 254 g/mol. The first-order chi connectivity index (χ1) is 9.31. The molecule has 2 rings (SSSR count). The standard InChI is InChI=1S/C15H25N3O2/c1-6-11-10(2)16-13(17-11)12-8-7-9-18(12)14(19)20-15(3,4)5/h12H,6-9H2,1-5H3,(H,16,17)/t12-/m0/s1. The molecule has 0 aliphatic carbocycles. The summed E-state index contributed by atoms with van der Waals surface area (Å²) in [4.78, 5) is 22.0. The average molecular weight is 279 g/mol. The molecular formula is C15H25N3O2. The summed E-state index contributed by atoms with van der Waals surface area (Å²) >= 11 is 0. The van der Waals surface area contributed by atoms with E-state index in [9.17, 15) is 4.79 Å². The number of hydrogen-bond acceptors (Lipinski definition) is 3. The molecule has 0 bridgehead atoms. The Kier molecular flexibility index (Phi) is 4.06. The number of carbonyl (C=O) groups is 1. The van der Waals surface area contributed by atoms with E-state index in [4.69, 9.17) is 4.74 Å². The summed E-state index contributed by atoms with van der Waals surface area (Å²) in [6.07, 6.45) is 2.59. The van der Waals surface area contributed by atoms with Crippen LogP contribution in [0.1, 0.15) is 63.8 Å². The van der Waals surface area contributed by atoms with Gasteiger partial charge in [-0.05, 0) is 47.0 Å². The second kappa shape index (κ2) is 5.46. The Bertz CT molecular complexity index is 488. The smallest absolute Gasteiger partial charge is 0.410 e. The molecule has 1 fully saturated rings. The zero-order valence-electron chi connectivity index (χ0n) is 13.1. The van der Waals surface area contributed by atoms with Gasteiger partial charge < -0.3 is 9.72 Å². The van der Waals surface area contributed by atoms with Gasteiger partial charge >= 0.3 is 6.09 Å². The van der Waals surface area contributed by atoms with Crippen LogP contribution in [0.5, 0.6) is 0 Å². The van der Waals surface area contributed by atoms with Gasteiger partial charge in [0.2, 0.25) is 0 Å². The third kappa shape index (κ3) is 3.14. The van der Waals surface area contributed by atoms with Crippen molar-refractivity contribution in [1.82, 2.24) is 14.9 Å². The van der Waals surface area contributed by atoms with Gasteiger partial charge in [0, 0.05) is 12.2 Å². The predicted octanol–water partition coefficient (Wildman–Crippen LogP) is 3.35. The molecule has 1 atom stereocenters. The number of aromatic amines is 1. The molecule has 0 spiro atoms. The van der Waals surface area contributed by atoms with E-state index in [0.29, 0.717) is 0 Å². The van der Waals surface area contributed by atoms with Crippen LogP contribution < -0.4 is 0 Å². The number of rotatable bonds is 2. The first-order valence-corrected chi connectivity index (χ1v) is 7.37. The summed E-state index contributed by atoms with van der Waals surface area (Å²) in [7, 11) is 0. The summed E-state index contributed by atoms with van der Waals surface area (Å²) in [5.74, 6) is 0.891. The SMILES string of the molecule is CCc1nc([C@@H]2CCCN2C(=O)OC(C)(C)C)[nH]c1C. The number of likely N-dealkylation sites (tertiary alicyclic amines) is 1. The van der Waals surface area contributed by atoms with Gasteiger partial charge in [0.15, 0.2) is 0 Å². The van der Waals surface area contributed by atoms with Crippen LogP contribution >= 0.6 is 0 Å². The predicted molar refractivity (Wildman–Crippen MR) is 77.6 cm³/mol. The molecule has 0 unspecified atom stereocenters. The molecule has 1 aliphatic heterocycles. The van der Waals surface area contributed by atoms with Crippen molar-refractivity contribution in [1.29, 1.82) is 0 Å². The fourth-order valence-electron chi connectivity index (χ4n) is 2.61. The van der Waals surface area contributed by atoms with E-state index in [1.807, 2.05) is 27.7 Å². The van der Waals surface area contributed by atoms with E-state index in [1.165, 1.54) is 0 Å². The molecule has 0 saturated carbocycles. The largest absolute Gasteiger partial charge is 0.444 e. The molecule has 1 amide bonds. The van der Waals surface area contributed by atoms with Crippen molar-refractivity contribution < 1.29 is 9.53 Å². The van der Waals surface area contributed by atoms with E-state index in [1.54, 1.807) is 4.90 Å². The summed E-state index contributed by atoms with van der Waals surface area (Å²) in [5.41, 5.74) is 1.72. The number of carbonyl (C=O) groups excluding carboxylic acids is 1. The maximum Gasteiger partial charge on any atom is 0.410 e. The Balaban J connectivity index is 2.16. The highest BCUT2D eigenvalue weighted by molar-refractivity contribution is 5.69. The minimum atomic E-state index is -0.460. The number of amides is 1. The second-order valence-electron chi connectivity index (χ2n) is 6.38. The van der Waals surface area contributed by atoms with E-state index in [0.717, 1.165) is 43.0 Å². The van der Waals surface area contributed by atoms with Crippen LogP contribution in [-0.2, 0) is 11.2 Å². The summed E-state index contributed by atoms with van der Waals surface area (Å²) < 4.78 is 5.48. The van der Waals surface area contributed by atoms with E-state index >= 15 is 0 Å².